The molecule has 9 nitrogen and oxygen atoms in total. The first-order valence-corrected chi connectivity index (χ1v) is 14.2. The fourth-order valence-electron chi connectivity index (χ4n) is 7.15. The average Bonchev–Trinajstić information content (AvgIpc) is 3.46. The van der Waals surface area contributed by atoms with E-state index in [2.05, 4.69) is 13.2 Å². The van der Waals surface area contributed by atoms with Crippen molar-refractivity contribution in [2.75, 3.05) is 44.8 Å². The minimum atomic E-state index is -1.16. The van der Waals surface area contributed by atoms with Crippen molar-refractivity contribution in [1.29, 1.82) is 0 Å². The highest BCUT2D eigenvalue weighted by Gasteiger charge is 2.80. The molecule has 3 heterocycles. The third kappa shape index (κ3) is 4.63. The first kappa shape index (κ1) is 29.8. The molecule has 3 aliphatic rings. The van der Waals surface area contributed by atoms with E-state index >= 15 is 0 Å². The zero-order valence-corrected chi connectivity index (χ0v) is 24.2. The maximum atomic E-state index is 14.6. The van der Waals surface area contributed by atoms with Crippen LogP contribution in [-0.2, 0) is 19.1 Å². The Hall–Kier alpha value is -3.17. The zero-order valence-electron chi connectivity index (χ0n) is 24.2. The number of likely N-dealkylation sites (tertiary alicyclic amines) is 1. The summed E-state index contributed by atoms with van der Waals surface area (Å²) in [6, 6.07) is 6.21. The molecule has 0 radical (unpaired) electrons. The number of hydrogen-bond acceptors (Lipinski definition) is 6. The molecule has 3 unspecified atom stereocenters. The van der Waals surface area contributed by atoms with E-state index < -0.39 is 29.1 Å². The van der Waals surface area contributed by atoms with Crippen molar-refractivity contribution in [3.05, 3.63) is 49.6 Å². The Kier molecular flexibility index (Phi) is 8.75. The number of benzene rings is 1. The number of hydrogen-bond donors (Lipinski definition) is 1. The predicted octanol–water partition coefficient (Wildman–Crippen LogP) is 3.03. The normalized spacial score (nSPS) is 30.2. The van der Waals surface area contributed by atoms with Crippen LogP contribution in [0.15, 0.2) is 49.6 Å². The molecule has 0 saturated carbocycles. The van der Waals surface area contributed by atoms with Crippen molar-refractivity contribution >= 4 is 23.4 Å². The van der Waals surface area contributed by atoms with Gasteiger partial charge in [-0.2, -0.15) is 0 Å². The number of amides is 3. The quantitative estimate of drug-likeness (QED) is 0.377. The van der Waals surface area contributed by atoms with Gasteiger partial charge in [-0.05, 0) is 56.4 Å². The maximum absolute atomic E-state index is 14.6. The van der Waals surface area contributed by atoms with Gasteiger partial charge < -0.3 is 29.3 Å². The second-order valence-corrected chi connectivity index (χ2v) is 11.3. The SMILES string of the molecule is C=CCN(CCC)C(=O)[C@@H]1[C@H]2C(=O)N(CCCO)C(C(=O)N(CC=C)c3ccc(OC)cc3)C23CC(C)[C@@]1(C)O3. The molecule has 2 bridgehead atoms. The number of fused-ring (bicyclic) bond motifs is 1. The Morgan fingerprint density at radius 3 is 2.45 bits per heavy atom. The van der Waals surface area contributed by atoms with Crippen LogP contribution >= 0.6 is 0 Å². The third-order valence-electron chi connectivity index (χ3n) is 8.99. The van der Waals surface area contributed by atoms with Crippen LogP contribution in [0.3, 0.4) is 0 Å². The highest BCUT2D eigenvalue weighted by atomic mass is 16.5. The van der Waals surface area contributed by atoms with E-state index in [1.165, 1.54) is 0 Å². The zero-order chi connectivity index (χ0) is 29.2. The molecule has 3 aliphatic heterocycles. The highest BCUT2D eigenvalue weighted by Crippen LogP contribution is 2.65. The monoisotopic (exact) mass is 553 g/mol. The first-order chi connectivity index (χ1) is 19.1. The van der Waals surface area contributed by atoms with Gasteiger partial charge in [0.2, 0.25) is 11.8 Å². The second-order valence-electron chi connectivity index (χ2n) is 11.3. The van der Waals surface area contributed by atoms with Gasteiger partial charge in [0.05, 0.1) is 24.5 Å². The molecule has 40 heavy (non-hydrogen) atoms. The van der Waals surface area contributed by atoms with E-state index in [1.54, 1.807) is 58.2 Å². The first-order valence-electron chi connectivity index (χ1n) is 14.2. The predicted molar refractivity (Wildman–Crippen MR) is 153 cm³/mol. The lowest BCUT2D eigenvalue weighted by Crippen LogP contribution is -2.57. The van der Waals surface area contributed by atoms with Gasteiger partial charge in [-0.25, -0.2) is 0 Å². The molecule has 3 fully saturated rings. The number of carbonyl (C=O) groups is 3. The van der Waals surface area contributed by atoms with E-state index in [1.807, 2.05) is 20.8 Å². The van der Waals surface area contributed by atoms with Gasteiger partial charge in [-0.3, -0.25) is 14.4 Å². The summed E-state index contributed by atoms with van der Waals surface area (Å²) in [5.41, 5.74) is -1.41. The van der Waals surface area contributed by atoms with E-state index in [0.29, 0.717) is 37.4 Å². The average molecular weight is 554 g/mol. The molecule has 9 heteroatoms. The highest BCUT2D eigenvalue weighted by molar-refractivity contribution is 6.05. The summed E-state index contributed by atoms with van der Waals surface area (Å²) in [6.45, 7) is 14.8. The summed E-state index contributed by atoms with van der Waals surface area (Å²) in [5.74, 6) is -1.60. The Labute approximate surface area is 237 Å². The van der Waals surface area contributed by atoms with Crippen molar-refractivity contribution in [2.45, 2.75) is 57.3 Å². The summed E-state index contributed by atoms with van der Waals surface area (Å²) in [7, 11) is 1.58. The standard InChI is InChI=1S/C31H43N3O6/c1-7-15-32(16-8-2)27(36)24-25-28(37)34(18-10-19-35)26(31(25)20-21(4)30(24,5)40-31)29(38)33(17-9-3)22-11-13-23(39-6)14-12-22/h7,9,11-14,21,24-26,35H,1,3,8,10,15-20H2,2,4-6H3/t21?,24-,25-,26?,30+,31?/m0/s1. The molecule has 0 aromatic heterocycles. The van der Waals surface area contributed by atoms with Crippen LogP contribution in [0.5, 0.6) is 5.75 Å². The molecule has 1 aromatic rings. The van der Waals surface area contributed by atoms with Gasteiger partial charge in [0.15, 0.2) is 0 Å². The summed E-state index contributed by atoms with van der Waals surface area (Å²) in [5, 5.41) is 9.65. The molecular formula is C31H43N3O6. The van der Waals surface area contributed by atoms with E-state index in [9.17, 15) is 19.5 Å². The summed E-state index contributed by atoms with van der Waals surface area (Å²) < 4.78 is 12.1. The fraction of sp³-hybridized carbons (Fsp3) is 0.581. The Bertz CT molecular complexity index is 1140. The molecule has 6 atom stereocenters. The summed E-state index contributed by atoms with van der Waals surface area (Å²) in [4.78, 5) is 47.9. The lowest BCUT2D eigenvalue weighted by atomic mass is 9.62. The van der Waals surface area contributed by atoms with Crippen LogP contribution in [0.25, 0.3) is 0 Å². The number of methoxy groups -OCH3 is 1. The second kappa shape index (κ2) is 11.7. The minimum Gasteiger partial charge on any atom is -0.497 e. The number of nitrogens with zero attached hydrogens (tertiary/aromatic N) is 3. The number of aliphatic hydroxyl groups excluding tert-OH is 1. The topological polar surface area (TPSA) is 99.6 Å². The smallest absolute Gasteiger partial charge is 0.253 e. The molecule has 4 rings (SSSR count). The number of carbonyl (C=O) groups excluding carboxylic acids is 3. The van der Waals surface area contributed by atoms with Gasteiger partial charge in [0.25, 0.3) is 5.91 Å². The van der Waals surface area contributed by atoms with Gasteiger partial charge in [0.1, 0.15) is 17.4 Å². The van der Waals surface area contributed by atoms with Crippen molar-refractivity contribution < 1.29 is 29.0 Å². The number of rotatable bonds is 13. The van der Waals surface area contributed by atoms with Gasteiger partial charge >= 0.3 is 0 Å². The molecule has 1 aromatic carbocycles. The van der Waals surface area contributed by atoms with Crippen molar-refractivity contribution in [3.8, 4) is 5.75 Å². The summed E-state index contributed by atoms with van der Waals surface area (Å²) >= 11 is 0. The maximum Gasteiger partial charge on any atom is 0.253 e. The molecule has 1 N–H and O–H groups in total. The van der Waals surface area contributed by atoms with Gasteiger partial charge in [0, 0.05) is 38.5 Å². The molecule has 1 spiro atoms. The fourth-order valence-corrected chi connectivity index (χ4v) is 7.15. The number of aliphatic hydroxyl groups is 1. The van der Waals surface area contributed by atoms with Crippen molar-refractivity contribution in [1.82, 2.24) is 9.80 Å². The van der Waals surface area contributed by atoms with E-state index in [-0.39, 0.29) is 43.3 Å². The largest absolute Gasteiger partial charge is 0.497 e. The molecule has 3 amide bonds. The van der Waals surface area contributed by atoms with Crippen LogP contribution in [0.4, 0.5) is 5.69 Å². The van der Waals surface area contributed by atoms with E-state index in [4.69, 9.17) is 9.47 Å². The Morgan fingerprint density at radius 2 is 1.88 bits per heavy atom. The van der Waals surface area contributed by atoms with Crippen molar-refractivity contribution in [2.24, 2.45) is 17.8 Å². The van der Waals surface area contributed by atoms with Crippen LogP contribution in [0, 0.1) is 17.8 Å². The van der Waals surface area contributed by atoms with Gasteiger partial charge in [-0.1, -0.05) is 26.0 Å². The van der Waals surface area contributed by atoms with Crippen LogP contribution in [0.1, 0.15) is 40.0 Å². The molecule has 218 valence electrons. The molecular weight excluding hydrogens is 510 g/mol. The van der Waals surface area contributed by atoms with Crippen LogP contribution < -0.4 is 9.64 Å². The summed E-state index contributed by atoms with van der Waals surface area (Å²) in [6.07, 6.45) is 4.90. The van der Waals surface area contributed by atoms with Crippen molar-refractivity contribution in [3.63, 3.8) is 0 Å². The minimum absolute atomic E-state index is 0.0559. The molecule has 0 aliphatic carbocycles. The Balaban J connectivity index is 1.81. The number of anilines is 1. The van der Waals surface area contributed by atoms with E-state index in [0.717, 1.165) is 6.42 Å². The van der Waals surface area contributed by atoms with Gasteiger partial charge in [-0.15, -0.1) is 13.2 Å². The molecule has 3 saturated heterocycles. The Morgan fingerprint density at radius 1 is 1.20 bits per heavy atom. The van der Waals surface area contributed by atoms with Crippen LogP contribution in [-0.4, -0.2) is 89.8 Å². The number of ether oxygens (including phenoxy) is 2. The lowest BCUT2D eigenvalue weighted by Gasteiger charge is -2.39. The van der Waals surface area contributed by atoms with Crippen LogP contribution in [0.2, 0.25) is 0 Å². The third-order valence-corrected chi connectivity index (χ3v) is 8.99. The lowest BCUT2D eigenvalue weighted by molar-refractivity contribution is -0.151.